The summed E-state index contributed by atoms with van der Waals surface area (Å²) in [6.45, 7) is 0.442. The molecule has 0 aliphatic carbocycles. The third-order valence-corrected chi connectivity index (χ3v) is 2.94. The van der Waals surface area contributed by atoms with Crippen molar-refractivity contribution in [2.24, 2.45) is 0 Å². The number of carboxylic acids is 1. The molecule has 1 aromatic rings. The topological polar surface area (TPSA) is 70.8 Å². The fraction of sp³-hybridized carbons (Fsp3) is 0.400. The van der Waals surface area contributed by atoms with Crippen LogP contribution in [0.15, 0.2) is 16.7 Å². The number of carbonyl (C=O) groups excluding carboxylic acids is 1. The number of rotatable bonds is 2. The van der Waals surface area contributed by atoms with E-state index < -0.39 is 12.0 Å². The molecule has 1 aliphatic rings. The fourth-order valence-corrected chi connectivity index (χ4v) is 2.06. The maximum absolute atomic E-state index is 12.0. The zero-order valence-corrected chi connectivity index (χ0v) is 9.11. The van der Waals surface area contributed by atoms with Gasteiger partial charge in [0, 0.05) is 6.54 Å². The maximum atomic E-state index is 12.0. The Labute approximate surface area is 96.6 Å². The summed E-state index contributed by atoms with van der Waals surface area (Å²) in [5.74, 6) is -1.37. The first kappa shape index (κ1) is 11.0. The van der Waals surface area contributed by atoms with Crippen LogP contribution in [-0.2, 0) is 4.79 Å². The number of likely N-dealkylation sites (tertiary alicyclic amines) is 1. The lowest BCUT2D eigenvalue weighted by Crippen LogP contribution is -2.40. The Morgan fingerprint density at radius 3 is 2.88 bits per heavy atom. The first-order valence-electron chi connectivity index (χ1n) is 4.88. The highest BCUT2D eigenvalue weighted by Crippen LogP contribution is 2.24. The highest BCUT2D eigenvalue weighted by atomic mass is 35.5. The van der Waals surface area contributed by atoms with Gasteiger partial charge in [0.1, 0.15) is 6.04 Å². The van der Waals surface area contributed by atoms with Crippen molar-refractivity contribution in [1.29, 1.82) is 0 Å². The second-order valence-corrected chi connectivity index (χ2v) is 3.95. The summed E-state index contributed by atoms with van der Waals surface area (Å²) in [6.07, 6.45) is 2.48. The number of halogens is 1. The molecule has 5 nitrogen and oxygen atoms in total. The number of amides is 1. The minimum Gasteiger partial charge on any atom is -0.480 e. The van der Waals surface area contributed by atoms with Gasteiger partial charge >= 0.3 is 5.97 Å². The molecule has 16 heavy (non-hydrogen) atoms. The predicted molar refractivity (Wildman–Crippen MR) is 55.4 cm³/mol. The van der Waals surface area contributed by atoms with E-state index >= 15 is 0 Å². The molecular formula is C10H10ClNO4. The largest absolute Gasteiger partial charge is 0.480 e. The summed E-state index contributed by atoms with van der Waals surface area (Å²) < 4.78 is 4.81. The molecule has 0 bridgehead atoms. The minimum atomic E-state index is -0.981. The molecular weight excluding hydrogens is 234 g/mol. The SMILES string of the molecule is O=C(O)[C@H]1CCCN1C(=O)c1ccoc1Cl. The summed E-state index contributed by atoms with van der Waals surface area (Å²) in [6, 6.07) is 0.695. The van der Waals surface area contributed by atoms with Crippen LogP contribution in [-0.4, -0.2) is 34.5 Å². The number of hydrogen-bond acceptors (Lipinski definition) is 3. The van der Waals surface area contributed by atoms with E-state index in [9.17, 15) is 9.59 Å². The Balaban J connectivity index is 2.22. The van der Waals surface area contributed by atoms with Crippen molar-refractivity contribution >= 4 is 23.5 Å². The Bertz CT molecular complexity index is 428. The molecule has 0 aromatic carbocycles. The summed E-state index contributed by atoms with van der Waals surface area (Å²) in [5.41, 5.74) is 0.217. The summed E-state index contributed by atoms with van der Waals surface area (Å²) in [5, 5.41) is 8.95. The summed E-state index contributed by atoms with van der Waals surface area (Å²) >= 11 is 5.68. The van der Waals surface area contributed by atoms with Gasteiger partial charge in [-0.25, -0.2) is 4.79 Å². The van der Waals surface area contributed by atoms with Crippen LogP contribution in [0, 0.1) is 0 Å². The highest BCUT2D eigenvalue weighted by molar-refractivity contribution is 6.32. The van der Waals surface area contributed by atoms with E-state index in [1.54, 1.807) is 0 Å². The average molecular weight is 244 g/mol. The molecule has 0 unspecified atom stereocenters. The smallest absolute Gasteiger partial charge is 0.326 e. The van der Waals surface area contributed by atoms with Gasteiger partial charge in [-0.3, -0.25) is 4.79 Å². The van der Waals surface area contributed by atoms with E-state index in [-0.39, 0.29) is 16.7 Å². The molecule has 6 heteroatoms. The van der Waals surface area contributed by atoms with Crippen LogP contribution in [0.25, 0.3) is 0 Å². The second kappa shape index (κ2) is 4.17. The number of nitrogens with zero attached hydrogens (tertiary/aromatic N) is 1. The van der Waals surface area contributed by atoms with Gasteiger partial charge in [0.15, 0.2) is 0 Å². The number of aliphatic carboxylic acids is 1. The molecule has 0 radical (unpaired) electrons. The van der Waals surface area contributed by atoms with E-state index in [0.29, 0.717) is 19.4 Å². The first-order chi connectivity index (χ1) is 7.61. The molecule has 1 fully saturated rings. The van der Waals surface area contributed by atoms with Crippen LogP contribution >= 0.6 is 11.6 Å². The van der Waals surface area contributed by atoms with Crippen LogP contribution in [0.1, 0.15) is 23.2 Å². The molecule has 0 saturated carbocycles. The number of carbonyl (C=O) groups is 2. The molecule has 1 amide bonds. The van der Waals surface area contributed by atoms with Crippen molar-refractivity contribution in [2.45, 2.75) is 18.9 Å². The molecule has 0 spiro atoms. The predicted octanol–water partition coefficient (Wildman–Crippen LogP) is 1.62. The summed E-state index contributed by atoms with van der Waals surface area (Å²) in [7, 11) is 0. The van der Waals surface area contributed by atoms with Gasteiger partial charge < -0.3 is 14.4 Å². The average Bonchev–Trinajstić information content (AvgIpc) is 2.84. The Kier molecular flexibility index (Phi) is 2.87. The molecule has 86 valence electrons. The Morgan fingerprint density at radius 1 is 1.56 bits per heavy atom. The van der Waals surface area contributed by atoms with Crippen LogP contribution in [0.5, 0.6) is 0 Å². The fourth-order valence-electron chi connectivity index (χ4n) is 1.87. The third-order valence-electron chi connectivity index (χ3n) is 2.65. The van der Waals surface area contributed by atoms with E-state index in [1.807, 2.05) is 0 Å². The van der Waals surface area contributed by atoms with Crippen molar-refractivity contribution in [3.63, 3.8) is 0 Å². The zero-order valence-electron chi connectivity index (χ0n) is 8.35. The molecule has 1 N–H and O–H groups in total. The second-order valence-electron chi connectivity index (χ2n) is 3.60. The molecule has 2 rings (SSSR count). The lowest BCUT2D eigenvalue weighted by Gasteiger charge is -2.20. The van der Waals surface area contributed by atoms with Crippen molar-refractivity contribution in [2.75, 3.05) is 6.54 Å². The zero-order chi connectivity index (χ0) is 11.7. The van der Waals surface area contributed by atoms with Gasteiger partial charge in [0.05, 0.1) is 11.8 Å². The van der Waals surface area contributed by atoms with Gasteiger partial charge in [-0.1, -0.05) is 0 Å². The molecule has 1 atom stereocenters. The first-order valence-corrected chi connectivity index (χ1v) is 5.26. The van der Waals surface area contributed by atoms with Crippen LogP contribution in [0.2, 0.25) is 5.22 Å². The van der Waals surface area contributed by atoms with Gasteiger partial charge in [-0.15, -0.1) is 0 Å². The van der Waals surface area contributed by atoms with Crippen molar-refractivity contribution in [1.82, 2.24) is 4.90 Å². The van der Waals surface area contributed by atoms with Gasteiger partial charge in [0.25, 0.3) is 5.91 Å². The lowest BCUT2D eigenvalue weighted by molar-refractivity contribution is -0.141. The molecule has 2 heterocycles. The highest BCUT2D eigenvalue weighted by Gasteiger charge is 2.35. The van der Waals surface area contributed by atoms with E-state index in [0.717, 1.165) is 0 Å². The van der Waals surface area contributed by atoms with E-state index in [1.165, 1.54) is 17.2 Å². The number of furan rings is 1. The number of carboxylic acid groups (broad SMARTS) is 1. The van der Waals surface area contributed by atoms with E-state index in [2.05, 4.69) is 0 Å². The van der Waals surface area contributed by atoms with Crippen molar-refractivity contribution in [3.8, 4) is 0 Å². The Morgan fingerprint density at radius 2 is 2.31 bits per heavy atom. The monoisotopic (exact) mass is 243 g/mol. The van der Waals surface area contributed by atoms with E-state index in [4.69, 9.17) is 21.1 Å². The summed E-state index contributed by atoms with van der Waals surface area (Å²) in [4.78, 5) is 24.2. The quantitative estimate of drug-likeness (QED) is 0.857. The lowest BCUT2D eigenvalue weighted by atomic mass is 10.2. The van der Waals surface area contributed by atoms with Gasteiger partial charge in [-0.05, 0) is 30.5 Å². The van der Waals surface area contributed by atoms with Crippen LogP contribution < -0.4 is 0 Å². The van der Waals surface area contributed by atoms with Crippen molar-refractivity contribution < 1.29 is 19.1 Å². The Hall–Kier alpha value is -1.49. The van der Waals surface area contributed by atoms with Gasteiger partial charge in [-0.2, -0.15) is 0 Å². The molecule has 1 saturated heterocycles. The van der Waals surface area contributed by atoms with Crippen LogP contribution in [0.3, 0.4) is 0 Å². The third kappa shape index (κ3) is 1.78. The minimum absolute atomic E-state index is 0.000962. The van der Waals surface area contributed by atoms with Crippen molar-refractivity contribution in [3.05, 3.63) is 23.1 Å². The normalized spacial score (nSPS) is 20.1. The standard InChI is InChI=1S/C10H10ClNO4/c11-8-6(3-5-16-8)9(13)12-4-1-2-7(12)10(14)15/h3,5,7H,1-2,4H2,(H,14,15)/t7-/m1/s1. The maximum Gasteiger partial charge on any atom is 0.326 e. The molecule has 1 aliphatic heterocycles. The van der Waals surface area contributed by atoms with Crippen LogP contribution in [0.4, 0.5) is 0 Å². The molecule has 1 aromatic heterocycles. The van der Waals surface area contributed by atoms with Gasteiger partial charge in [0.2, 0.25) is 5.22 Å². The number of hydrogen-bond donors (Lipinski definition) is 1.